The summed E-state index contributed by atoms with van der Waals surface area (Å²) in [4.78, 5) is 14.0. The zero-order chi connectivity index (χ0) is 13.8. The normalized spacial score (nSPS) is 15.3. The van der Waals surface area contributed by atoms with Crippen molar-refractivity contribution in [3.8, 4) is 0 Å². The van der Waals surface area contributed by atoms with Crippen LogP contribution in [0.1, 0.15) is 19.3 Å². The summed E-state index contributed by atoms with van der Waals surface area (Å²) >= 11 is 5.88. The second-order valence-electron chi connectivity index (χ2n) is 5.27. The van der Waals surface area contributed by atoms with E-state index in [1.807, 2.05) is 7.05 Å². The Morgan fingerprint density at radius 3 is 2.89 bits per heavy atom. The largest absolute Gasteiger partial charge is 0.397 e. The average molecular weight is 282 g/mol. The molecule has 0 radical (unpaired) electrons. The molecule has 5 heteroatoms. The summed E-state index contributed by atoms with van der Waals surface area (Å²) in [6.07, 6.45) is 3.89. The van der Waals surface area contributed by atoms with Gasteiger partial charge in [0, 0.05) is 11.6 Å². The maximum absolute atomic E-state index is 11.9. The molecular weight excluding hydrogens is 262 g/mol. The van der Waals surface area contributed by atoms with Crippen LogP contribution in [-0.4, -0.2) is 30.9 Å². The number of nitrogens with two attached hydrogens (primary N) is 1. The minimum atomic E-state index is -0.0595. The van der Waals surface area contributed by atoms with Gasteiger partial charge in [0.2, 0.25) is 5.91 Å². The third kappa shape index (κ3) is 4.11. The van der Waals surface area contributed by atoms with Crippen LogP contribution in [0.25, 0.3) is 0 Å². The highest BCUT2D eigenvalue weighted by Gasteiger charge is 2.20. The van der Waals surface area contributed by atoms with Crippen LogP contribution in [0.2, 0.25) is 5.02 Å². The molecule has 0 atom stereocenters. The molecule has 3 N–H and O–H groups in total. The van der Waals surface area contributed by atoms with Crippen LogP contribution in [0, 0.1) is 5.92 Å². The molecule has 0 aromatic heterocycles. The van der Waals surface area contributed by atoms with Crippen molar-refractivity contribution in [1.29, 1.82) is 0 Å². The topological polar surface area (TPSA) is 58.4 Å². The number of hydrogen-bond donors (Lipinski definition) is 2. The summed E-state index contributed by atoms with van der Waals surface area (Å²) in [5, 5.41) is 3.36. The second kappa shape index (κ2) is 6.26. The van der Waals surface area contributed by atoms with E-state index < -0.39 is 0 Å². The molecule has 0 saturated heterocycles. The van der Waals surface area contributed by atoms with Crippen molar-refractivity contribution < 1.29 is 4.79 Å². The number of nitrogens with one attached hydrogen (secondary N) is 1. The molecule has 0 bridgehead atoms. The summed E-state index contributed by atoms with van der Waals surface area (Å²) in [6, 6.07) is 5.06. The van der Waals surface area contributed by atoms with Crippen molar-refractivity contribution in [1.82, 2.24) is 4.90 Å². The van der Waals surface area contributed by atoms with Gasteiger partial charge in [0.05, 0.1) is 17.9 Å². The van der Waals surface area contributed by atoms with Crippen molar-refractivity contribution >= 4 is 28.9 Å². The minimum Gasteiger partial charge on any atom is -0.397 e. The van der Waals surface area contributed by atoms with E-state index in [-0.39, 0.29) is 5.91 Å². The van der Waals surface area contributed by atoms with E-state index in [0.29, 0.717) is 22.9 Å². The third-order valence-electron chi connectivity index (χ3n) is 3.50. The molecule has 0 heterocycles. The van der Waals surface area contributed by atoms with Crippen LogP contribution in [0.3, 0.4) is 0 Å². The van der Waals surface area contributed by atoms with Gasteiger partial charge >= 0.3 is 0 Å². The number of hydrogen-bond acceptors (Lipinski definition) is 3. The lowest BCUT2D eigenvalue weighted by molar-refractivity contribution is -0.117. The number of carbonyl (C=O) groups is 1. The summed E-state index contributed by atoms with van der Waals surface area (Å²) in [5.41, 5.74) is 6.90. The maximum Gasteiger partial charge on any atom is 0.238 e. The molecule has 1 aliphatic rings. The van der Waals surface area contributed by atoms with E-state index in [1.165, 1.54) is 19.3 Å². The number of nitrogen functional groups attached to an aromatic ring is 1. The molecule has 19 heavy (non-hydrogen) atoms. The summed E-state index contributed by atoms with van der Waals surface area (Å²) < 4.78 is 0. The zero-order valence-corrected chi connectivity index (χ0v) is 11.9. The number of halogens is 1. The third-order valence-corrected chi connectivity index (χ3v) is 3.73. The Balaban J connectivity index is 1.84. The summed E-state index contributed by atoms with van der Waals surface area (Å²) in [5.74, 6) is 0.699. The molecule has 1 saturated carbocycles. The van der Waals surface area contributed by atoms with Gasteiger partial charge in [-0.05, 0) is 44.0 Å². The molecule has 0 spiro atoms. The van der Waals surface area contributed by atoms with Crippen LogP contribution in [0.5, 0.6) is 0 Å². The van der Waals surface area contributed by atoms with Crippen molar-refractivity contribution in [3.05, 3.63) is 23.2 Å². The van der Waals surface area contributed by atoms with Crippen LogP contribution >= 0.6 is 11.6 Å². The van der Waals surface area contributed by atoms with Crippen molar-refractivity contribution in [2.75, 3.05) is 31.2 Å². The first-order valence-electron chi connectivity index (χ1n) is 6.58. The Labute approximate surface area is 118 Å². The molecular formula is C14H20ClN3O. The molecule has 1 aromatic rings. The highest BCUT2D eigenvalue weighted by Crippen LogP contribution is 2.26. The average Bonchev–Trinajstić information content (AvgIpc) is 2.28. The summed E-state index contributed by atoms with van der Waals surface area (Å²) in [7, 11) is 1.97. The quantitative estimate of drug-likeness (QED) is 0.816. The minimum absolute atomic E-state index is 0.0595. The molecule has 2 rings (SSSR count). The molecule has 104 valence electrons. The molecule has 1 fully saturated rings. The Bertz CT molecular complexity index is 460. The van der Waals surface area contributed by atoms with Crippen molar-refractivity contribution in [2.45, 2.75) is 19.3 Å². The molecule has 1 aromatic carbocycles. The highest BCUT2D eigenvalue weighted by atomic mass is 35.5. The van der Waals surface area contributed by atoms with E-state index >= 15 is 0 Å². The number of amides is 1. The number of anilines is 2. The van der Waals surface area contributed by atoms with Gasteiger partial charge in [-0.15, -0.1) is 0 Å². The predicted octanol–water partition coefficient (Wildman–Crippen LogP) is 2.59. The Kier molecular flexibility index (Phi) is 4.66. The predicted molar refractivity (Wildman–Crippen MR) is 79.3 cm³/mol. The lowest BCUT2D eigenvalue weighted by Gasteiger charge is -2.29. The number of likely N-dealkylation sites (N-methyl/N-ethyl adjacent to an activating group) is 1. The van der Waals surface area contributed by atoms with E-state index in [4.69, 9.17) is 17.3 Å². The number of nitrogens with zero attached hydrogens (tertiary/aromatic N) is 1. The fraction of sp³-hybridized carbons (Fsp3) is 0.500. The molecule has 0 aliphatic heterocycles. The lowest BCUT2D eigenvalue weighted by atomic mass is 9.85. The second-order valence-corrected chi connectivity index (χ2v) is 5.71. The summed E-state index contributed by atoms with van der Waals surface area (Å²) in [6.45, 7) is 1.36. The Hall–Kier alpha value is -1.26. The molecule has 1 aliphatic carbocycles. The van der Waals surface area contributed by atoms with Gasteiger partial charge in [-0.25, -0.2) is 0 Å². The first-order chi connectivity index (χ1) is 9.04. The van der Waals surface area contributed by atoms with E-state index in [1.54, 1.807) is 18.2 Å². The number of benzene rings is 1. The monoisotopic (exact) mass is 281 g/mol. The van der Waals surface area contributed by atoms with Gasteiger partial charge in [0.1, 0.15) is 0 Å². The Morgan fingerprint density at radius 2 is 2.26 bits per heavy atom. The molecule has 4 nitrogen and oxygen atoms in total. The fourth-order valence-electron chi connectivity index (χ4n) is 2.25. The lowest BCUT2D eigenvalue weighted by Crippen LogP contribution is -2.35. The Morgan fingerprint density at radius 1 is 1.53 bits per heavy atom. The SMILES string of the molecule is CN(CC(=O)Nc1cc(Cl)ccc1N)CC1CCC1. The molecule has 1 amide bonds. The van der Waals surface area contributed by atoms with E-state index in [2.05, 4.69) is 10.2 Å². The van der Waals surface area contributed by atoms with Crippen molar-refractivity contribution in [2.24, 2.45) is 5.92 Å². The van der Waals surface area contributed by atoms with Gasteiger partial charge in [-0.3, -0.25) is 9.69 Å². The maximum atomic E-state index is 11.9. The van der Waals surface area contributed by atoms with Crippen LogP contribution < -0.4 is 11.1 Å². The van der Waals surface area contributed by atoms with E-state index in [0.717, 1.165) is 12.5 Å². The van der Waals surface area contributed by atoms with Gasteiger partial charge in [-0.1, -0.05) is 18.0 Å². The van der Waals surface area contributed by atoms with Crippen LogP contribution in [0.4, 0.5) is 11.4 Å². The van der Waals surface area contributed by atoms with Crippen LogP contribution in [0.15, 0.2) is 18.2 Å². The van der Waals surface area contributed by atoms with Crippen molar-refractivity contribution in [3.63, 3.8) is 0 Å². The molecule has 0 unspecified atom stereocenters. The first kappa shape index (κ1) is 14.2. The van der Waals surface area contributed by atoms with Crippen LogP contribution in [-0.2, 0) is 4.79 Å². The van der Waals surface area contributed by atoms with Gasteiger partial charge in [0.15, 0.2) is 0 Å². The first-order valence-corrected chi connectivity index (χ1v) is 6.96. The standard InChI is InChI=1S/C14H20ClN3O/c1-18(8-10-3-2-4-10)9-14(19)17-13-7-11(15)5-6-12(13)16/h5-7,10H,2-4,8-9,16H2,1H3,(H,17,19). The number of rotatable bonds is 5. The number of carbonyl (C=O) groups excluding carboxylic acids is 1. The van der Waals surface area contributed by atoms with Gasteiger partial charge in [-0.2, -0.15) is 0 Å². The van der Waals surface area contributed by atoms with Gasteiger partial charge in [0.25, 0.3) is 0 Å². The highest BCUT2D eigenvalue weighted by molar-refractivity contribution is 6.31. The fourth-order valence-corrected chi connectivity index (χ4v) is 2.42. The van der Waals surface area contributed by atoms with Gasteiger partial charge < -0.3 is 11.1 Å². The smallest absolute Gasteiger partial charge is 0.238 e. The zero-order valence-electron chi connectivity index (χ0n) is 11.2. The van der Waals surface area contributed by atoms with E-state index in [9.17, 15) is 4.79 Å².